The Labute approximate surface area is 114 Å². The van der Waals surface area contributed by atoms with E-state index < -0.39 is 6.10 Å². The summed E-state index contributed by atoms with van der Waals surface area (Å²) in [6.07, 6.45) is -0.621. The van der Waals surface area contributed by atoms with Gasteiger partial charge in [0.05, 0.1) is 0 Å². The van der Waals surface area contributed by atoms with E-state index in [0.29, 0.717) is 5.02 Å². The fraction of sp³-hybridized carbons (Fsp3) is 0.143. The van der Waals surface area contributed by atoms with Crippen LogP contribution in [0.25, 0.3) is 0 Å². The van der Waals surface area contributed by atoms with Gasteiger partial charge in [-0.1, -0.05) is 51.8 Å². The molecular formula is C14H12BrClO. The van der Waals surface area contributed by atoms with Crippen LogP contribution in [-0.4, -0.2) is 5.11 Å². The van der Waals surface area contributed by atoms with E-state index in [2.05, 4.69) is 15.9 Å². The second-order valence-electron chi connectivity index (χ2n) is 3.96. The summed E-state index contributed by atoms with van der Waals surface area (Å²) in [6, 6.07) is 13.1. The number of benzene rings is 2. The zero-order valence-corrected chi connectivity index (χ0v) is 11.7. The van der Waals surface area contributed by atoms with Crippen molar-refractivity contribution in [2.75, 3.05) is 0 Å². The summed E-state index contributed by atoms with van der Waals surface area (Å²) in [5.74, 6) is 0. The minimum atomic E-state index is -0.621. The largest absolute Gasteiger partial charge is 0.384 e. The quantitative estimate of drug-likeness (QED) is 0.866. The number of aryl methyl sites for hydroxylation is 1. The monoisotopic (exact) mass is 310 g/mol. The van der Waals surface area contributed by atoms with Crippen molar-refractivity contribution in [3.63, 3.8) is 0 Å². The highest BCUT2D eigenvalue weighted by molar-refractivity contribution is 9.10. The Hall–Kier alpha value is -0.830. The fourth-order valence-electron chi connectivity index (χ4n) is 1.62. The van der Waals surface area contributed by atoms with Crippen molar-refractivity contribution in [2.24, 2.45) is 0 Å². The van der Waals surface area contributed by atoms with Gasteiger partial charge in [0.15, 0.2) is 0 Å². The van der Waals surface area contributed by atoms with E-state index in [1.165, 1.54) is 0 Å². The summed E-state index contributed by atoms with van der Waals surface area (Å²) in [5, 5.41) is 10.9. The third kappa shape index (κ3) is 2.89. The third-order valence-electron chi connectivity index (χ3n) is 2.70. The Morgan fingerprint density at radius 2 is 1.65 bits per heavy atom. The number of rotatable bonds is 2. The van der Waals surface area contributed by atoms with E-state index in [0.717, 1.165) is 21.2 Å². The van der Waals surface area contributed by atoms with Gasteiger partial charge in [0.25, 0.3) is 0 Å². The van der Waals surface area contributed by atoms with E-state index in [1.807, 2.05) is 37.3 Å². The second kappa shape index (κ2) is 5.21. The standard InChI is InChI=1S/C14H12BrClO/c1-9-2-3-11(8-13(9)15)14(17)10-4-6-12(16)7-5-10/h2-8,14,17H,1H3. The van der Waals surface area contributed by atoms with Crippen LogP contribution in [0.1, 0.15) is 22.8 Å². The van der Waals surface area contributed by atoms with E-state index in [4.69, 9.17) is 11.6 Å². The first-order valence-electron chi connectivity index (χ1n) is 5.27. The lowest BCUT2D eigenvalue weighted by Crippen LogP contribution is -1.99. The molecule has 1 unspecified atom stereocenters. The van der Waals surface area contributed by atoms with Gasteiger partial charge in [-0.15, -0.1) is 0 Å². The lowest BCUT2D eigenvalue weighted by atomic mass is 10.0. The van der Waals surface area contributed by atoms with Crippen molar-refractivity contribution in [3.05, 3.63) is 68.7 Å². The summed E-state index contributed by atoms with van der Waals surface area (Å²) >= 11 is 9.29. The molecule has 1 atom stereocenters. The molecule has 0 saturated carbocycles. The first-order valence-corrected chi connectivity index (χ1v) is 6.44. The smallest absolute Gasteiger partial charge is 0.104 e. The van der Waals surface area contributed by atoms with Crippen molar-refractivity contribution in [3.8, 4) is 0 Å². The van der Waals surface area contributed by atoms with E-state index >= 15 is 0 Å². The Morgan fingerprint density at radius 1 is 1.06 bits per heavy atom. The highest BCUT2D eigenvalue weighted by atomic mass is 79.9. The molecule has 0 aliphatic rings. The molecule has 2 rings (SSSR count). The van der Waals surface area contributed by atoms with Crippen LogP contribution in [0.15, 0.2) is 46.9 Å². The normalized spacial score (nSPS) is 12.5. The molecule has 0 aromatic heterocycles. The Bertz CT molecular complexity index is 522. The number of aliphatic hydroxyl groups excluding tert-OH is 1. The van der Waals surface area contributed by atoms with Crippen molar-refractivity contribution in [1.82, 2.24) is 0 Å². The summed E-state index contributed by atoms with van der Waals surface area (Å²) in [5.41, 5.74) is 2.85. The highest BCUT2D eigenvalue weighted by Gasteiger charge is 2.11. The first kappa shape index (κ1) is 12.6. The van der Waals surface area contributed by atoms with Crippen molar-refractivity contribution < 1.29 is 5.11 Å². The summed E-state index contributed by atoms with van der Waals surface area (Å²) in [6.45, 7) is 2.02. The van der Waals surface area contributed by atoms with E-state index in [1.54, 1.807) is 12.1 Å². The molecule has 0 radical (unpaired) electrons. The molecular weight excluding hydrogens is 300 g/mol. The average molecular weight is 312 g/mol. The summed E-state index contributed by atoms with van der Waals surface area (Å²) < 4.78 is 1.00. The number of halogens is 2. The molecule has 0 aliphatic carbocycles. The second-order valence-corrected chi connectivity index (χ2v) is 5.25. The molecule has 0 heterocycles. The van der Waals surface area contributed by atoms with Gasteiger partial charge < -0.3 is 5.11 Å². The predicted molar refractivity (Wildman–Crippen MR) is 74.4 cm³/mol. The van der Waals surface area contributed by atoms with Gasteiger partial charge in [-0.2, -0.15) is 0 Å². The topological polar surface area (TPSA) is 20.2 Å². The molecule has 17 heavy (non-hydrogen) atoms. The molecule has 0 amide bonds. The first-order chi connectivity index (χ1) is 8.08. The molecule has 3 heteroatoms. The van der Waals surface area contributed by atoms with Gasteiger partial charge in [-0.3, -0.25) is 0 Å². The molecule has 2 aromatic carbocycles. The zero-order valence-electron chi connectivity index (χ0n) is 9.32. The Morgan fingerprint density at radius 3 is 2.24 bits per heavy atom. The van der Waals surface area contributed by atoms with Crippen LogP contribution in [0.3, 0.4) is 0 Å². The minimum Gasteiger partial charge on any atom is -0.384 e. The molecule has 88 valence electrons. The van der Waals surface area contributed by atoms with Gasteiger partial charge >= 0.3 is 0 Å². The number of hydrogen-bond acceptors (Lipinski definition) is 1. The third-order valence-corrected chi connectivity index (χ3v) is 3.80. The van der Waals surface area contributed by atoms with Gasteiger partial charge in [0.1, 0.15) is 6.10 Å². The van der Waals surface area contributed by atoms with Crippen LogP contribution in [0.5, 0.6) is 0 Å². The van der Waals surface area contributed by atoms with Gasteiger partial charge in [0, 0.05) is 9.50 Å². The van der Waals surface area contributed by atoms with E-state index in [9.17, 15) is 5.11 Å². The summed E-state index contributed by atoms with van der Waals surface area (Å²) in [7, 11) is 0. The molecule has 0 fully saturated rings. The van der Waals surface area contributed by atoms with Gasteiger partial charge in [0.2, 0.25) is 0 Å². The maximum Gasteiger partial charge on any atom is 0.104 e. The highest BCUT2D eigenvalue weighted by Crippen LogP contribution is 2.27. The van der Waals surface area contributed by atoms with Gasteiger partial charge in [-0.05, 0) is 41.8 Å². The van der Waals surface area contributed by atoms with Crippen LogP contribution in [0, 0.1) is 6.92 Å². The van der Waals surface area contributed by atoms with Crippen molar-refractivity contribution >= 4 is 27.5 Å². The molecule has 1 nitrogen and oxygen atoms in total. The molecule has 0 aliphatic heterocycles. The molecule has 0 bridgehead atoms. The lowest BCUT2D eigenvalue weighted by Gasteiger charge is -2.12. The molecule has 1 N–H and O–H groups in total. The van der Waals surface area contributed by atoms with Crippen LogP contribution in [-0.2, 0) is 0 Å². The molecule has 0 spiro atoms. The van der Waals surface area contributed by atoms with Crippen LogP contribution in [0.4, 0.5) is 0 Å². The maximum atomic E-state index is 10.2. The van der Waals surface area contributed by atoms with Crippen molar-refractivity contribution in [1.29, 1.82) is 0 Å². The SMILES string of the molecule is Cc1ccc(C(O)c2ccc(Cl)cc2)cc1Br. The van der Waals surface area contributed by atoms with Gasteiger partial charge in [-0.25, -0.2) is 0 Å². The van der Waals surface area contributed by atoms with Crippen molar-refractivity contribution in [2.45, 2.75) is 13.0 Å². The lowest BCUT2D eigenvalue weighted by molar-refractivity contribution is 0.220. The molecule has 2 aromatic rings. The summed E-state index contributed by atoms with van der Waals surface area (Å²) in [4.78, 5) is 0. The van der Waals surface area contributed by atoms with Crippen LogP contribution < -0.4 is 0 Å². The fourth-order valence-corrected chi connectivity index (χ4v) is 2.14. The zero-order chi connectivity index (χ0) is 12.4. The maximum absolute atomic E-state index is 10.2. The average Bonchev–Trinajstić information content (AvgIpc) is 2.33. The minimum absolute atomic E-state index is 0.621. The predicted octanol–water partition coefficient (Wildman–Crippen LogP) is 4.49. The Balaban J connectivity index is 2.33. The molecule has 0 saturated heterocycles. The van der Waals surface area contributed by atoms with Crippen LogP contribution in [0.2, 0.25) is 5.02 Å². The van der Waals surface area contributed by atoms with Crippen LogP contribution >= 0.6 is 27.5 Å². The number of aliphatic hydroxyl groups is 1. The Kier molecular flexibility index (Phi) is 3.87. The van der Waals surface area contributed by atoms with E-state index in [-0.39, 0.29) is 0 Å². The number of hydrogen-bond donors (Lipinski definition) is 1.